The SMILES string of the molecule is CNc1cnccc1N1CC(N)C[C@@H](Cc2cc(C3(O)CCC3)cc(F)c2-c2nc(C=O)ccc2F)C1. The minimum absolute atomic E-state index is 0.0200. The van der Waals surface area contributed by atoms with Crippen LogP contribution in [0.15, 0.2) is 42.7 Å². The topological polar surface area (TPSA) is 104 Å². The molecule has 3 heterocycles. The van der Waals surface area contributed by atoms with Crippen LogP contribution in [0.4, 0.5) is 20.2 Å². The fourth-order valence-electron chi connectivity index (χ4n) is 5.61. The molecule has 1 unspecified atom stereocenters. The maximum absolute atomic E-state index is 15.7. The highest BCUT2D eigenvalue weighted by molar-refractivity contribution is 5.75. The van der Waals surface area contributed by atoms with Crippen LogP contribution in [0.3, 0.4) is 0 Å². The van der Waals surface area contributed by atoms with Gasteiger partial charge in [0.25, 0.3) is 0 Å². The molecule has 37 heavy (non-hydrogen) atoms. The van der Waals surface area contributed by atoms with E-state index in [1.54, 1.807) is 18.5 Å². The third-order valence-corrected chi connectivity index (χ3v) is 7.60. The quantitative estimate of drug-likeness (QED) is 0.415. The summed E-state index contributed by atoms with van der Waals surface area (Å²) in [6.07, 6.45) is 7.08. The molecule has 4 N–H and O–H groups in total. The first-order valence-electron chi connectivity index (χ1n) is 12.6. The zero-order chi connectivity index (χ0) is 26.2. The summed E-state index contributed by atoms with van der Waals surface area (Å²) in [6.45, 7) is 1.32. The van der Waals surface area contributed by atoms with Crippen LogP contribution in [0.2, 0.25) is 0 Å². The maximum Gasteiger partial charge on any atom is 0.168 e. The van der Waals surface area contributed by atoms with E-state index in [0.29, 0.717) is 56.2 Å². The molecular formula is C28H31F2N5O2. The van der Waals surface area contributed by atoms with Crippen LogP contribution in [0, 0.1) is 17.6 Å². The molecule has 0 bridgehead atoms. The summed E-state index contributed by atoms with van der Waals surface area (Å²) in [4.78, 5) is 21.8. The average Bonchev–Trinajstić information content (AvgIpc) is 2.87. The number of piperidine rings is 1. The van der Waals surface area contributed by atoms with E-state index in [1.807, 2.05) is 13.1 Å². The summed E-state index contributed by atoms with van der Waals surface area (Å²) in [5.41, 5.74) is 8.13. The lowest BCUT2D eigenvalue weighted by Gasteiger charge is -2.39. The monoisotopic (exact) mass is 507 g/mol. The average molecular weight is 508 g/mol. The van der Waals surface area contributed by atoms with Gasteiger partial charge < -0.3 is 21.1 Å². The maximum atomic E-state index is 15.7. The number of halogens is 2. The van der Waals surface area contributed by atoms with Gasteiger partial charge >= 0.3 is 0 Å². The van der Waals surface area contributed by atoms with E-state index < -0.39 is 17.2 Å². The highest BCUT2D eigenvalue weighted by Crippen LogP contribution is 2.44. The van der Waals surface area contributed by atoms with Crippen LogP contribution in [0.25, 0.3) is 11.3 Å². The standard InChI is InChI=1S/C28H31F2N5O2/c1-32-24-13-33-8-5-25(24)35-14-17(10-20(31)15-35)9-18-11-19(28(37)6-2-7-28)12-23(30)26(18)27-22(29)4-3-21(16-36)34-27/h3-5,8,11-13,16-17,20,32,37H,2,6-7,9-10,14-15,31H2,1H3/t17-,20?/m1/s1. The molecule has 2 aromatic heterocycles. The molecule has 1 aliphatic heterocycles. The molecule has 2 aliphatic rings. The first-order chi connectivity index (χ1) is 17.8. The molecule has 1 aromatic carbocycles. The van der Waals surface area contributed by atoms with Crippen LogP contribution in [-0.4, -0.2) is 47.5 Å². The van der Waals surface area contributed by atoms with Crippen molar-refractivity contribution in [1.82, 2.24) is 9.97 Å². The number of nitrogens with one attached hydrogen (secondary N) is 1. The fourth-order valence-corrected chi connectivity index (χ4v) is 5.61. The number of nitrogens with zero attached hydrogens (tertiary/aromatic N) is 3. The minimum atomic E-state index is -1.08. The van der Waals surface area contributed by atoms with E-state index >= 15 is 4.39 Å². The Hall–Kier alpha value is -3.43. The highest BCUT2D eigenvalue weighted by atomic mass is 19.1. The lowest BCUT2D eigenvalue weighted by atomic mass is 9.73. The molecule has 5 rings (SSSR count). The zero-order valence-corrected chi connectivity index (χ0v) is 20.8. The van der Waals surface area contributed by atoms with Crippen molar-refractivity contribution in [2.45, 2.75) is 43.7 Å². The van der Waals surface area contributed by atoms with Gasteiger partial charge in [-0.2, -0.15) is 0 Å². The summed E-state index contributed by atoms with van der Waals surface area (Å²) in [6, 6.07) is 7.27. The van der Waals surface area contributed by atoms with E-state index in [0.717, 1.165) is 23.9 Å². The second kappa shape index (κ2) is 10.1. The molecule has 0 amide bonds. The molecule has 9 heteroatoms. The lowest BCUT2D eigenvalue weighted by Crippen LogP contribution is -2.48. The van der Waals surface area contributed by atoms with Gasteiger partial charge in [0.2, 0.25) is 0 Å². The molecular weight excluding hydrogens is 476 g/mol. The first kappa shape index (κ1) is 25.2. The highest BCUT2D eigenvalue weighted by Gasteiger charge is 2.38. The van der Waals surface area contributed by atoms with E-state index in [9.17, 15) is 14.3 Å². The fraction of sp³-hybridized carbons (Fsp3) is 0.393. The molecule has 194 valence electrons. The number of hydrogen-bond acceptors (Lipinski definition) is 7. The number of aldehydes is 1. The molecule has 2 fully saturated rings. The Morgan fingerprint density at radius 2 is 2.03 bits per heavy atom. The molecule has 3 aromatic rings. The second-order valence-electron chi connectivity index (χ2n) is 10.2. The van der Waals surface area contributed by atoms with E-state index in [4.69, 9.17) is 5.73 Å². The molecule has 2 atom stereocenters. The number of carbonyl (C=O) groups is 1. The summed E-state index contributed by atoms with van der Waals surface area (Å²) in [5, 5.41) is 14.1. The summed E-state index contributed by atoms with van der Waals surface area (Å²) >= 11 is 0. The van der Waals surface area contributed by atoms with E-state index in [2.05, 4.69) is 20.2 Å². The third kappa shape index (κ3) is 4.93. The van der Waals surface area contributed by atoms with Gasteiger partial charge in [0, 0.05) is 37.9 Å². The number of aromatic nitrogens is 2. The number of aliphatic hydroxyl groups is 1. The van der Waals surface area contributed by atoms with Crippen LogP contribution < -0.4 is 16.0 Å². The van der Waals surface area contributed by atoms with Crippen molar-refractivity contribution in [1.29, 1.82) is 0 Å². The van der Waals surface area contributed by atoms with Gasteiger partial charge in [-0.1, -0.05) is 6.07 Å². The van der Waals surface area contributed by atoms with Crippen LogP contribution >= 0.6 is 0 Å². The smallest absolute Gasteiger partial charge is 0.168 e. The second-order valence-corrected chi connectivity index (χ2v) is 10.2. The van der Waals surface area contributed by atoms with Crippen molar-refractivity contribution in [3.05, 3.63) is 71.2 Å². The third-order valence-electron chi connectivity index (χ3n) is 7.60. The normalized spacial score (nSPS) is 20.8. The molecule has 1 saturated carbocycles. The molecule has 0 spiro atoms. The van der Waals surface area contributed by atoms with Crippen molar-refractivity contribution in [2.24, 2.45) is 11.7 Å². The van der Waals surface area contributed by atoms with Crippen LogP contribution in [0.5, 0.6) is 0 Å². The van der Waals surface area contributed by atoms with Crippen molar-refractivity contribution in [3.63, 3.8) is 0 Å². The number of benzene rings is 1. The van der Waals surface area contributed by atoms with Crippen LogP contribution in [0.1, 0.15) is 47.3 Å². The van der Waals surface area contributed by atoms with Gasteiger partial charge in [0.05, 0.1) is 23.2 Å². The van der Waals surface area contributed by atoms with Crippen LogP contribution in [-0.2, 0) is 12.0 Å². The van der Waals surface area contributed by atoms with Gasteiger partial charge in [-0.05, 0) is 73.4 Å². The predicted molar refractivity (Wildman–Crippen MR) is 139 cm³/mol. The Bertz CT molecular complexity index is 1310. The number of pyridine rings is 2. The minimum Gasteiger partial charge on any atom is -0.385 e. The van der Waals surface area contributed by atoms with Gasteiger partial charge in [-0.25, -0.2) is 13.8 Å². The van der Waals surface area contributed by atoms with Crippen molar-refractivity contribution in [2.75, 3.05) is 30.4 Å². The number of rotatable bonds is 7. The van der Waals surface area contributed by atoms with Crippen molar-refractivity contribution in [3.8, 4) is 11.3 Å². The number of nitrogens with two attached hydrogens (primary N) is 1. The van der Waals surface area contributed by atoms with E-state index in [1.165, 1.54) is 12.1 Å². The largest absolute Gasteiger partial charge is 0.385 e. The Morgan fingerprint density at radius 1 is 1.22 bits per heavy atom. The van der Waals surface area contributed by atoms with Crippen molar-refractivity contribution >= 4 is 17.7 Å². The van der Waals surface area contributed by atoms with Gasteiger partial charge in [-0.15, -0.1) is 0 Å². The Kier molecular flexibility index (Phi) is 6.92. The lowest BCUT2D eigenvalue weighted by molar-refractivity contribution is -0.0390. The predicted octanol–water partition coefficient (Wildman–Crippen LogP) is 4.04. The van der Waals surface area contributed by atoms with E-state index in [-0.39, 0.29) is 28.9 Å². The van der Waals surface area contributed by atoms with Crippen molar-refractivity contribution < 1.29 is 18.7 Å². The number of hydrogen-bond donors (Lipinski definition) is 3. The first-order valence-corrected chi connectivity index (χ1v) is 12.6. The van der Waals surface area contributed by atoms with Gasteiger partial charge in [0.15, 0.2) is 6.29 Å². The summed E-state index contributed by atoms with van der Waals surface area (Å²) in [7, 11) is 1.84. The van der Waals surface area contributed by atoms with Gasteiger partial charge in [0.1, 0.15) is 23.0 Å². The molecule has 1 saturated heterocycles. The number of anilines is 2. The Labute approximate surface area is 214 Å². The molecule has 7 nitrogen and oxygen atoms in total. The Morgan fingerprint density at radius 3 is 2.73 bits per heavy atom. The molecule has 1 aliphatic carbocycles. The summed E-state index contributed by atoms with van der Waals surface area (Å²) < 4.78 is 30.7. The summed E-state index contributed by atoms with van der Waals surface area (Å²) in [5.74, 6) is -1.34. The Balaban J connectivity index is 1.55. The van der Waals surface area contributed by atoms with Gasteiger partial charge in [-0.3, -0.25) is 9.78 Å². The zero-order valence-electron chi connectivity index (χ0n) is 20.8. The molecule has 0 radical (unpaired) electrons. The number of carbonyl (C=O) groups excluding carboxylic acids is 1.